The van der Waals surface area contributed by atoms with E-state index in [4.69, 9.17) is 23.2 Å². The number of rotatable bonds is 6. The number of sulfonamides is 1. The summed E-state index contributed by atoms with van der Waals surface area (Å²) in [6.45, 7) is 8.04. The topological polar surface area (TPSA) is 86.7 Å². The van der Waals surface area contributed by atoms with E-state index in [0.29, 0.717) is 42.9 Å². The van der Waals surface area contributed by atoms with E-state index in [9.17, 15) is 17.7 Å². The van der Waals surface area contributed by atoms with Gasteiger partial charge in [-0.05, 0) is 58.9 Å². The predicted octanol–water partition coefficient (Wildman–Crippen LogP) is 5.11. The average molecular weight is 536 g/mol. The second kappa shape index (κ2) is 9.99. The lowest BCUT2D eigenvalue weighted by Crippen LogP contribution is -2.50. The SMILES string of the molecule is CC(C)(C)S(=O)NC(c1cc(Cl)c(Cl)cc1O)C1CCN(S(=O)(=O)C2(C)C=CC=CC2)CC1. The molecule has 1 saturated heterocycles. The maximum Gasteiger partial charge on any atom is 0.223 e. The second-order valence-electron chi connectivity index (χ2n) is 9.85. The number of nitrogens with zero attached hydrogens (tertiary/aromatic N) is 1. The first-order valence-corrected chi connectivity index (χ1v) is 14.3. The van der Waals surface area contributed by atoms with Crippen LogP contribution in [-0.4, -0.2) is 44.6 Å². The molecular formula is C23H32Cl2N2O4S2. The third-order valence-electron chi connectivity index (χ3n) is 6.31. The van der Waals surface area contributed by atoms with Gasteiger partial charge in [0.05, 0.1) is 31.8 Å². The van der Waals surface area contributed by atoms with Crippen molar-refractivity contribution in [2.75, 3.05) is 13.1 Å². The molecule has 3 rings (SSSR count). The number of hydrogen-bond acceptors (Lipinski definition) is 4. The van der Waals surface area contributed by atoms with Gasteiger partial charge in [0.25, 0.3) is 0 Å². The van der Waals surface area contributed by atoms with Crippen LogP contribution < -0.4 is 4.72 Å². The fourth-order valence-electron chi connectivity index (χ4n) is 4.15. The number of allylic oxidation sites excluding steroid dienone is 3. The average Bonchev–Trinajstić information content (AvgIpc) is 2.74. The lowest BCUT2D eigenvalue weighted by atomic mass is 9.86. The molecule has 2 aliphatic rings. The highest BCUT2D eigenvalue weighted by Gasteiger charge is 2.43. The Morgan fingerprint density at radius 1 is 1.18 bits per heavy atom. The van der Waals surface area contributed by atoms with E-state index in [2.05, 4.69) is 4.72 Å². The minimum atomic E-state index is -3.54. The summed E-state index contributed by atoms with van der Waals surface area (Å²) in [5, 5.41) is 11.1. The summed E-state index contributed by atoms with van der Waals surface area (Å²) in [5.74, 6) is -0.0880. The first-order valence-electron chi connectivity index (χ1n) is 11.0. The third kappa shape index (κ3) is 5.68. The van der Waals surface area contributed by atoms with Crippen molar-refractivity contribution in [1.29, 1.82) is 0 Å². The van der Waals surface area contributed by atoms with Gasteiger partial charge >= 0.3 is 0 Å². The fraction of sp³-hybridized carbons (Fsp3) is 0.565. The number of aromatic hydroxyl groups is 1. The molecule has 1 fully saturated rings. The lowest BCUT2D eigenvalue weighted by molar-refractivity contribution is 0.233. The van der Waals surface area contributed by atoms with Crippen molar-refractivity contribution in [2.24, 2.45) is 5.92 Å². The molecule has 1 aromatic carbocycles. The normalized spacial score (nSPS) is 24.7. The maximum absolute atomic E-state index is 13.4. The molecule has 3 unspecified atom stereocenters. The van der Waals surface area contributed by atoms with Crippen LogP contribution in [0.15, 0.2) is 36.4 Å². The van der Waals surface area contributed by atoms with Gasteiger partial charge in [0.1, 0.15) is 10.5 Å². The van der Waals surface area contributed by atoms with Crippen molar-refractivity contribution in [3.8, 4) is 5.75 Å². The van der Waals surface area contributed by atoms with Gasteiger partial charge in [0.2, 0.25) is 10.0 Å². The molecule has 1 aliphatic carbocycles. The Hall–Kier alpha value is -0.900. The molecule has 184 valence electrons. The van der Waals surface area contributed by atoms with Gasteiger partial charge in [-0.1, -0.05) is 47.5 Å². The molecule has 10 heteroatoms. The summed E-state index contributed by atoms with van der Waals surface area (Å²) in [4.78, 5) is 0. The molecule has 3 atom stereocenters. The van der Waals surface area contributed by atoms with E-state index < -0.39 is 36.5 Å². The quantitative estimate of drug-likeness (QED) is 0.530. The molecule has 0 bridgehead atoms. The molecule has 2 N–H and O–H groups in total. The molecule has 0 amide bonds. The number of piperidine rings is 1. The Labute approximate surface area is 209 Å². The Bertz CT molecular complexity index is 1070. The zero-order valence-electron chi connectivity index (χ0n) is 19.3. The second-order valence-corrected chi connectivity index (χ2v) is 15.1. The summed E-state index contributed by atoms with van der Waals surface area (Å²) in [5.41, 5.74) is 0.510. The van der Waals surface area contributed by atoms with E-state index in [1.807, 2.05) is 32.9 Å². The number of hydrogen-bond donors (Lipinski definition) is 2. The van der Waals surface area contributed by atoms with Gasteiger partial charge in [-0.25, -0.2) is 21.7 Å². The Morgan fingerprint density at radius 3 is 2.33 bits per heavy atom. The first-order chi connectivity index (χ1) is 15.3. The highest BCUT2D eigenvalue weighted by atomic mass is 35.5. The van der Waals surface area contributed by atoms with Crippen LogP contribution in [0.4, 0.5) is 0 Å². The molecule has 0 aromatic heterocycles. The van der Waals surface area contributed by atoms with Gasteiger partial charge < -0.3 is 5.11 Å². The van der Waals surface area contributed by atoms with Crippen LogP contribution in [0.5, 0.6) is 5.75 Å². The smallest absolute Gasteiger partial charge is 0.223 e. The minimum Gasteiger partial charge on any atom is -0.508 e. The van der Waals surface area contributed by atoms with Crippen LogP contribution in [0, 0.1) is 5.92 Å². The Balaban J connectivity index is 1.85. The van der Waals surface area contributed by atoms with Gasteiger partial charge in [-0.2, -0.15) is 0 Å². The Morgan fingerprint density at radius 2 is 1.79 bits per heavy atom. The van der Waals surface area contributed by atoms with Crippen LogP contribution in [0.3, 0.4) is 0 Å². The molecule has 0 saturated carbocycles. The number of phenols is 1. The largest absolute Gasteiger partial charge is 0.508 e. The molecule has 1 aromatic rings. The zero-order valence-corrected chi connectivity index (χ0v) is 22.5. The van der Waals surface area contributed by atoms with Crippen molar-refractivity contribution < 1.29 is 17.7 Å². The molecule has 6 nitrogen and oxygen atoms in total. The minimum absolute atomic E-state index is 0.0329. The van der Waals surface area contributed by atoms with Crippen molar-refractivity contribution >= 4 is 44.2 Å². The molecule has 1 heterocycles. The van der Waals surface area contributed by atoms with Gasteiger partial charge in [0.15, 0.2) is 0 Å². The molecule has 1 aliphatic heterocycles. The van der Waals surface area contributed by atoms with Crippen LogP contribution in [0.25, 0.3) is 0 Å². The van der Waals surface area contributed by atoms with Crippen molar-refractivity contribution in [2.45, 2.75) is 62.5 Å². The fourth-order valence-corrected chi connectivity index (χ4v) is 7.22. The van der Waals surface area contributed by atoms with Gasteiger partial charge in [-0.15, -0.1) is 0 Å². The number of phenolic OH excluding ortho intramolecular Hbond substituents is 1. The van der Waals surface area contributed by atoms with Crippen LogP contribution in [-0.2, 0) is 21.0 Å². The van der Waals surface area contributed by atoms with E-state index in [0.717, 1.165) is 0 Å². The first kappa shape index (κ1) is 26.7. The highest BCUT2D eigenvalue weighted by Crippen LogP contribution is 2.41. The number of benzene rings is 1. The summed E-state index contributed by atoms with van der Waals surface area (Å²) >= 11 is 12.3. The standard InChI is InChI=1S/C23H32Cl2N2O4S2/c1-22(2,3)32(29)26-21(17-14-18(24)19(25)15-20(17)28)16-8-12-27(13-9-16)33(30,31)23(4)10-6-5-7-11-23/h5-7,10,14-16,21,26,28H,8-9,11-13H2,1-4H3. The Kier molecular flexibility index (Phi) is 8.09. The molecule has 0 radical (unpaired) electrons. The van der Waals surface area contributed by atoms with Crippen LogP contribution in [0.1, 0.15) is 58.6 Å². The van der Waals surface area contributed by atoms with Crippen molar-refractivity contribution in [3.05, 3.63) is 52.0 Å². The maximum atomic E-state index is 13.4. The zero-order chi connectivity index (χ0) is 24.6. The van der Waals surface area contributed by atoms with E-state index in [1.165, 1.54) is 6.07 Å². The molecular weight excluding hydrogens is 503 g/mol. The predicted molar refractivity (Wildman–Crippen MR) is 136 cm³/mol. The molecule has 0 spiro atoms. The number of nitrogens with one attached hydrogen (secondary N) is 1. The van der Waals surface area contributed by atoms with Crippen molar-refractivity contribution in [3.63, 3.8) is 0 Å². The summed E-state index contributed by atoms with van der Waals surface area (Å²) in [7, 11) is -4.95. The van der Waals surface area contributed by atoms with E-state index >= 15 is 0 Å². The lowest BCUT2D eigenvalue weighted by Gasteiger charge is -2.40. The summed E-state index contributed by atoms with van der Waals surface area (Å²) in [6.07, 6.45) is 8.80. The van der Waals surface area contributed by atoms with Gasteiger partial charge in [0, 0.05) is 24.7 Å². The summed E-state index contributed by atoms with van der Waals surface area (Å²) in [6, 6.07) is 2.51. The highest BCUT2D eigenvalue weighted by molar-refractivity contribution is 7.90. The van der Waals surface area contributed by atoms with Crippen molar-refractivity contribution in [1.82, 2.24) is 9.03 Å². The van der Waals surface area contributed by atoms with E-state index in [-0.39, 0.29) is 16.7 Å². The van der Waals surface area contributed by atoms with Crippen LogP contribution in [0.2, 0.25) is 10.0 Å². The number of halogens is 2. The van der Waals surface area contributed by atoms with Crippen LogP contribution >= 0.6 is 23.2 Å². The van der Waals surface area contributed by atoms with Gasteiger partial charge in [-0.3, -0.25) is 0 Å². The monoisotopic (exact) mass is 534 g/mol. The van der Waals surface area contributed by atoms with E-state index in [1.54, 1.807) is 29.4 Å². The summed E-state index contributed by atoms with van der Waals surface area (Å²) < 4.78 is 42.9. The molecule has 33 heavy (non-hydrogen) atoms. The third-order valence-corrected chi connectivity index (χ3v) is 11.1.